The number of hydrogen-bond donors (Lipinski definition) is 2. The molecule has 3 heterocycles. The summed E-state index contributed by atoms with van der Waals surface area (Å²) in [6, 6.07) is 6.32. The number of hydrogen-bond acceptors (Lipinski definition) is 5. The van der Waals surface area contributed by atoms with E-state index in [0.717, 1.165) is 16.9 Å². The van der Waals surface area contributed by atoms with Gasteiger partial charge in [0.25, 0.3) is 0 Å². The van der Waals surface area contributed by atoms with Gasteiger partial charge in [-0.3, -0.25) is 9.59 Å². The van der Waals surface area contributed by atoms with Crippen LogP contribution in [0, 0.1) is 12.8 Å². The van der Waals surface area contributed by atoms with Crippen molar-refractivity contribution in [3.8, 4) is 0 Å². The molecule has 1 aliphatic heterocycles. The van der Waals surface area contributed by atoms with Crippen molar-refractivity contribution in [1.82, 2.24) is 20.1 Å². The van der Waals surface area contributed by atoms with Crippen LogP contribution >= 0.6 is 11.3 Å². The fraction of sp³-hybridized carbons (Fsp3) is 0.455. The van der Waals surface area contributed by atoms with Crippen LogP contribution in [0.5, 0.6) is 0 Å². The van der Waals surface area contributed by atoms with Gasteiger partial charge in [-0.25, -0.2) is 0 Å². The van der Waals surface area contributed by atoms with Gasteiger partial charge in [0.05, 0.1) is 5.92 Å². The van der Waals surface area contributed by atoms with Crippen molar-refractivity contribution in [2.45, 2.75) is 46.0 Å². The van der Waals surface area contributed by atoms with E-state index in [1.807, 2.05) is 6.20 Å². The van der Waals surface area contributed by atoms with Gasteiger partial charge in [0, 0.05) is 42.0 Å². The first-order valence-corrected chi connectivity index (χ1v) is 11.0. The lowest BCUT2D eigenvalue weighted by Crippen LogP contribution is -2.30. The van der Waals surface area contributed by atoms with Gasteiger partial charge in [-0.15, -0.1) is 10.2 Å². The third kappa shape index (κ3) is 4.23. The number of likely N-dealkylation sites (tertiary alicyclic amines) is 1. The minimum absolute atomic E-state index is 0.0267. The zero-order valence-electron chi connectivity index (χ0n) is 17.8. The third-order valence-corrected chi connectivity index (χ3v) is 6.72. The summed E-state index contributed by atoms with van der Waals surface area (Å²) in [6.07, 6.45) is 3.01. The van der Waals surface area contributed by atoms with E-state index in [-0.39, 0.29) is 29.6 Å². The number of aromatic nitrogens is 3. The second-order valence-corrected chi connectivity index (χ2v) is 9.98. The van der Waals surface area contributed by atoms with Crippen molar-refractivity contribution in [3.63, 3.8) is 0 Å². The van der Waals surface area contributed by atoms with Gasteiger partial charge >= 0.3 is 0 Å². The molecule has 1 atom stereocenters. The lowest BCUT2D eigenvalue weighted by Gasteiger charge is -2.16. The van der Waals surface area contributed by atoms with Crippen LogP contribution in [0.15, 0.2) is 24.4 Å². The van der Waals surface area contributed by atoms with E-state index in [1.54, 1.807) is 4.90 Å². The van der Waals surface area contributed by atoms with Crippen molar-refractivity contribution in [2.75, 3.05) is 18.4 Å². The number of fused-ring (bicyclic) bond motifs is 1. The number of amides is 2. The molecule has 30 heavy (non-hydrogen) atoms. The molecule has 2 amide bonds. The Bertz CT molecular complexity index is 1090. The third-order valence-electron chi connectivity index (χ3n) is 5.46. The van der Waals surface area contributed by atoms with E-state index < -0.39 is 0 Å². The van der Waals surface area contributed by atoms with Gasteiger partial charge in [-0.05, 0) is 31.0 Å². The van der Waals surface area contributed by atoms with Crippen molar-refractivity contribution < 1.29 is 9.59 Å². The summed E-state index contributed by atoms with van der Waals surface area (Å²) in [5.41, 5.74) is 3.40. The number of anilines is 1. The van der Waals surface area contributed by atoms with E-state index in [9.17, 15) is 9.59 Å². The number of H-pyrrole nitrogens is 1. The molecule has 2 aromatic heterocycles. The molecule has 7 nitrogen and oxygen atoms in total. The predicted octanol–water partition coefficient (Wildman–Crippen LogP) is 3.66. The molecule has 1 aromatic carbocycles. The van der Waals surface area contributed by atoms with Crippen LogP contribution in [-0.4, -0.2) is 45.0 Å². The van der Waals surface area contributed by atoms with Crippen LogP contribution in [0.2, 0.25) is 0 Å². The Kier molecular flexibility index (Phi) is 5.36. The van der Waals surface area contributed by atoms with E-state index in [2.05, 4.69) is 66.4 Å². The number of aryl methyl sites for hydroxylation is 1. The van der Waals surface area contributed by atoms with Crippen LogP contribution in [0.4, 0.5) is 5.13 Å². The Morgan fingerprint density at radius 1 is 1.33 bits per heavy atom. The lowest BCUT2D eigenvalue weighted by atomic mass is 9.98. The van der Waals surface area contributed by atoms with Crippen LogP contribution in [0.1, 0.15) is 43.3 Å². The molecule has 0 bridgehead atoms. The standard InChI is InChI=1S/C22H27N5O2S/c1-13-5-6-17-16(9-13)14(11-23-17)7-8-27-12-15(10-18(27)28)19(29)24-21-26-25-20(30-21)22(2,3)4/h5-6,9,11,15,23H,7-8,10,12H2,1-4H3,(H,24,26,29)/t15-/m1/s1. The summed E-state index contributed by atoms with van der Waals surface area (Å²) in [4.78, 5) is 30.2. The monoisotopic (exact) mass is 425 g/mol. The average molecular weight is 426 g/mol. The number of carbonyl (C=O) groups excluding carboxylic acids is 2. The van der Waals surface area contributed by atoms with E-state index >= 15 is 0 Å². The molecule has 4 rings (SSSR count). The van der Waals surface area contributed by atoms with E-state index in [1.165, 1.54) is 27.8 Å². The second-order valence-electron chi connectivity index (χ2n) is 9.01. The van der Waals surface area contributed by atoms with Crippen LogP contribution in [0.25, 0.3) is 10.9 Å². The van der Waals surface area contributed by atoms with E-state index in [0.29, 0.717) is 18.2 Å². The highest BCUT2D eigenvalue weighted by molar-refractivity contribution is 7.15. The van der Waals surface area contributed by atoms with Crippen molar-refractivity contribution in [2.24, 2.45) is 5.92 Å². The highest BCUT2D eigenvalue weighted by Crippen LogP contribution is 2.29. The largest absolute Gasteiger partial charge is 0.361 e. The van der Waals surface area contributed by atoms with Crippen molar-refractivity contribution in [3.05, 3.63) is 40.5 Å². The molecule has 3 aromatic rings. The Morgan fingerprint density at radius 3 is 2.87 bits per heavy atom. The Morgan fingerprint density at radius 2 is 2.13 bits per heavy atom. The zero-order valence-corrected chi connectivity index (χ0v) is 18.6. The number of aromatic amines is 1. The number of nitrogens with one attached hydrogen (secondary N) is 2. The first-order valence-electron chi connectivity index (χ1n) is 10.2. The molecule has 1 saturated heterocycles. The van der Waals surface area contributed by atoms with E-state index in [4.69, 9.17) is 0 Å². The normalized spacial score (nSPS) is 17.1. The Labute approximate surface area is 179 Å². The van der Waals surface area contributed by atoms with Gasteiger partial charge in [-0.2, -0.15) is 0 Å². The number of benzene rings is 1. The summed E-state index contributed by atoms with van der Waals surface area (Å²) in [6.45, 7) is 9.30. The molecule has 0 unspecified atom stereocenters. The van der Waals surface area contributed by atoms with Gasteiger partial charge in [0.15, 0.2) is 0 Å². The molecular formula is C22H27N5O2S. The van der Waals surface area contributed by atoms with Crippen LogP contribution in [0.3, 0.4) is 0 Å². The van der Waals surface area contributed by atoms with Gasteiger partial charge in [-0.1, -0.05) is 43.7 Å². The fourth-order valence-corrected chi connectivity index (χ4v) is 4.51. The Hall–Kier alpha value is -2.74. The molecule has 8 heteroatoms. The van der Waals surface area contributed by atoms with Crippen LogP contribution < -0.4 is 5.32 Å². The summed E-state index contributed by atoms with van der Waals surface area (Å²) >= 11 is 1.38. The topological polar surface area (TPSA) is 91.0 Å². The minimum Gasteiger partial charge on any atom is -0.361 e. The number of rotatable bonds is 5. The van der Waals surface area contributed by atoms with Crippen LogP contribution in [-0.2, 0) is 21.4 Å². The lowest BCUT2D eigenvalue weighted by molar-refractivity contribution is -0.128. The highest BCUT2D eigenvalue weighted by Gasteiger charge is 2.34. The van der Waals surface area contributed by atoms with Gasteiger partial charge < -0.3 is 15.2 Å². The molecule has 0 saturated carbocycles. The maximum absolute atomic E-state index is 12.7. The average Bonchev–Trinajstić information content (AvgIpc) is 3.38. The SMILES string of the molecule is Cc1ccc2[nH]cc(CCN3C[C@H](C(=O)Nc4nnc(C(C)(C)C)s4)CC3=O)c2c1. The van der Waals surface area contributed by atoms with Gasteiger partial charge in [0.1, 0.15) is 5.01 Å². The summed E-state index contributed by atoms with van der Waals surface area (Å²) in [5, 5.41) is 13.6. The predicted molar refractivity (Wildman–Crippen MR) is 119 cm³/mol. The molecule has 1 fully saturated rings. The maximum Gasteiger partial charge on any atom is 0.231 e. The molecule has 0 spiro atoms. The molecule has 1 aliphatic rings. The van der Waals surface area contributed by atoms with Crippen molar-refractivity contribution >= 4 is 39.2 Å². The first-order chi connectivity index (χ1) is 14.2. The highest BCUT2D eigenvalue weighted by atomic mass is 32.1. The fourth-order valence-electron chi connectivity index (χ4n) is 3.70. The van der Waals surface area contributed by atoms with Crippen molar-refractivity contribution in [1.29, 1.82) is 0 Å². The smallest absolute Gasteiger partial charge is 0.231 e. The first kappa shape index (κ1) is 20.5. The quantitative estimate of drug-likeness (QED) is 0.653. The molecule has 0 radical (unpaired) electrons. The molecule has 158 valence electrons. The molecular weight excluding hydrogens is 398 g/mol. The maximum atomic E-state index is 12.7. The Balaban J connectivity index is 1.36. The molecule has 2 N–H and O–H groups in total. The number of carbonyl (C=O) groups is 2. The summed E-state index contributed by atoms with van der Waals surface area (Å²) in [5.74, 6) is -0.492. The zero-order chi connectivity index (χ0) is 21.5. The summed E-state index contributed by atoms with van der Waals surface area (Å²) < 4.78 is 0. The second kappa shape index (κ2) is 7.83. The summed E-state index contributed by atoms with van der Waals surface area (Å²) in [7, 11) is 0. The minimum atomic E-state index is -0.357. The molecule has 0 aliphatic carbocycles. The van der Waals surface area contributed by atoms with Gasteiger partial charge in [0.2, 0.25) is 16.9 Å². The number of nitrogens with zero attached hydrogens (tertiary/aromatic N) is 3.